The number of aliphatic hydroxyl groups excluding tert-OH is 1. The zero-order valence-electron chi connectivity index (χ0n) is 19.4. The summed E-state index contributed by atoms with van der Waals surface area (Å²) in [6, 6.07) is 4.68. The van der Waals surface area contributed by atoms with Gasteiger partial charge in [-0.3, -0.25) is 24.6 Å². The van der Waals surface area contributed by atoms with Crippen LogP contribution < -0.4 is 5.32 Å². The minimum Gasteiger partial charge on any atom is -0.454 e. The summed E-state index contributed by atoms with van der Waals surface area (Å²) in [5.41, 5.74) is 0.355. The topological polar surface area (TPSA) is 122 Å². The number of carbonyl (C=O) groups is 2. The van der Waals surface area contributed by atoms with Crippen LogP contribution in [0.15, 0.2) is 24.3 Å². The van der Waals surface area contributed by atoms with Crippen molar-refractivity contribution >= 4 is 17.6 Å². The van der Waals surface area contributed by atoms with E-state index >= 15 is 0 Å². The number of nitro groups is 1. The van der Waals surface area contributed by atoms with Gasteiger partial charge in [-0.05, 0) is 38.2 Å². The summed E-state index contributed by atoms with van der Waals surface area (Å²) in [5, 5.41) is 23.6. The number of non-ortho nitro benzene ring substituents is 1. The predicted octanol–water partition coefficient (Wildman–Crippen LogP) is 3.36. The first-order valence-corrected chi connectivity index (χ1v) is 11.3. The quantitative estimate of drug-likeness (QED) is 0.171. The number of amides is 1. The van der Waals surface area contributed by atoms with Gasteiger partial charge in [-0.25, -0.2) is 0 Å². The number of carbonyl (C=O) groups excluding carboxylic acids is 2. The standard InChI is InChI=1S/C23H37N3O6/c1-4-5-6-7-8-9-10-11-21(28)24-20(17-27)23(32-22(29)16-25(2)3)18-12-14-19(15-13-18)26(30)31/h12-15,20,23,27H,4-11,16-17H2,1-3H3,(H,24,28)/t20-,23-/m1/s1. The molecule has 2 N–H and O–H groups in total. The van der Waals surface area contributed by atoms with Gasteiger partial charge in [0.1, 0.15) is 6.10 Å². The van der Waals surface area contributed by atoms with Crippen LogP contribution in [0.25, 0.3) is 0 Å². The fourth-order valence-corrected chi connectivity index (χ4v) is 3.34. The van der Waals surface area contributed by atoms with Gasteiger partial charge < -0.3 is 15.2 Å². The summed E-state index contributed by atoms with van der Waals surface area (Å²) in [4.78, 5) is 36.8. The highest BCUT2D eigenvalue weighted by molar-refractivity contribution is 5.76. The van der Waals surface area contributed by atoms with E-state index in [1.165, 1.54) is 49.9 Å². The molecule has 0 radical (unpaired) electrons. The van der Waals surface area contributed by atoms with Gasteiger partial charge in [0.2, 0.25) is 5.91 Å². The van der Waals surface area contributed by atoms with E-state index in [4.69, 9.17) is 4.74 Å². The highest BCUT2D eigenvalue weighted by atomic mass is 16.6. The average Bonchev–Trinajstić information content (AvgIpc) is 2.75. The summed E-state index contributed by atoms with van der Waals surface area (Å²) in [7, 11) is 3.44. The summed E-state index contributed by atoms with van der Waals surface area (Å²) in [5.74, 6) is -0.758. The van der Waals surface area contributed by atoms with E-state index in [0.717, 1.165) is 19.3 Å². The minimum atomic E-state index is -0.966. The number of benzene rings is 1. The fraction of sp³-hybridized carbons (Fsp3) is 0.652. The monoisotopic (exact) mass is 451 g/mol. The Bertz CT molecular complexity index is 708. The molecular formula is C23H37N3O6. The van der Waals surface area contributed by atoms with Gasteiger partial charge >= 0.3 is 5.97 Å². The lowest BCUT2D eigenvalue weighted by Crippen LogP contribution is -2.44. The van der Waals surface area contributed by atoms with Crippen molar-refractivity contribution in [2.75, 3.05) is 27.2 Å². The van der Waals surface area contributed by atoms with E-state index in [0.29, 0.717) is 12.0 Å². The maximum Gasteiger partial charge on any atom is 0.320 e. The molecule has 0 aliphatic carbocycles. The molecule has 0 saturated carbocycles. The first kappa shape index (κ1) is 27.5. The smallest absolute Gasteiger partial charge is 0.320 e. The SMILES string of the molecule is CCCCCCCCCC(=O)N[C@H](CO)[C@H](OC(=O)CN(C)C)c1ccc([N+](=O)[O-])cc1. The van der Waals surface area contributed by atoms with E-state index in [9.17, 15) is 24.8 Å². The van der Waals surface area contributed by atoms with Crippen molar-refractivity contribution in [3.05, 3.63) is 39.9 Å². The van der Waals surface area contributed by atoms with Gasteiger partial charge in [-0.15, -0.1) is 0 Å². The van der Waals surface area contributed by atoms with Gasteiger partial charge in [-0.2, -0.15) is 0 Å². The van der Waals surface area contributed by atoms with E-state index in [-0.39, 0.29) is 18.1 Å². The number of ether oxygens (including phenoxy) is 1. The van der Waals surface area contributed by atoms with E-state index in [1.807, 2.05) is 0 Å². The van der Waals surface area contributed by atoms with Crippen LogP contribution in [0, 0.1) is 10.1 Å². The Morgan fingerprint density at radius 1 is 1.09 bits per heavy atom. The van der Waals surface area contributed by atoms with E-state index < -0.39 is 29.6 Å². The Labute approximate surface area is 190 Å². The number of unbranched alkanes of at least 4 members (excludes halogenated alkanes) is 6. The summed E-state index contributed by atoms with van der Waals surface area (Å²) >= 11 is 0. The number of hydrogen-bond acceptors (Lipinski definition) is 7. The van der Waals surface area contributed by atoms with E-state index in [2.05, 4.69) is 12.2 Å². The third kappa shape index (κ3) is 10.7. The number of esters is 1. The number of nitrogens with one attached hydrogen (secondary N) is 1. The Hall–Kier alpha value is -2.52. The van der Waals surface area contributed by atoms with Crippen molar-refractivity contribution in [1.82, 2.24) is 10.2 Å². The largest absolute Gasteiger partial charge is 0.454 e. The van der Waals surface area contributed by atoms with Crippen LogP contribution in [0.1, 0.15) is 70.0 Å². The van der Waals surface area contributed by atoms with Crippen molar-refractivity contribution in [3.63, 3.8) is 0 Å². The molecule has 0 aliphatic heterocycles. The van der Waals surface area contributed by atoms with Crippen molar-refractivity contribution in [3.8, 4) is 0 Å². The molecule has 0 heterocycles. The Balaban J connectivity index is 2.77. The van der Waals surface area contributed by atoms with Crippen LogP contribution >= 0.6 is 0 Å². The second-order valence-electron chi connectivity index (χ2n) is 8.22. The minimum absolute atomic E-state index is 0.0214. The second kappa shape index (κ2) is 15.3. The number of nitrogens with zero attached hydrogens (tertiary/aromatic N) is 2. The molecule has 32 heavy (non-hydrogen) atoms. The lowest BCUT2D eigenvalue weighted by Gasteiger charge is -2.27. The predicted molar refractivity (Wildman–Crippen MR) is 122 cm³/mol. The Morgan fingerprint density at radius 3 is 2.22 bits per heavy atom. The third-order valence-electron chi connectivity index (χ3n) is 5.05. The van der Waals surface area contributed by atoms with Crippen LogP contribution in [0.2, 0.25) is 0 Å². The molecule has 0 unspecified atom stereocenters. The number of aliphatic hydroxyl groups is 1. The normalized spacial score (nSPS) is 12.9. The molecule has 1 amide bonds. The first-order chi connectivity index (χ1) is 15.3. The number of hydrogen-bond donors (Lipinski definition) is 2. The van der Waals surface area contributed by atoms with Crippen LogP contribution in [0.5, 0.6) is 0 Å². The van der Waals surface area contributed by atoms with Crippen molar-refractivity contribution < 1.29 is 24.4 Å². The van der Waals surface area contributed by atoms with Gasteiger partial charge in [0.25, 0.3) is 5.69 Å². The van der Waals surface area contributed by atoms with Crippen molar-refractivity contribution in [2.45, 2.75) is 70.4 Å². The Kier molecular flexibility index (Phi) is 13.2. The van der Waals surface area contributed by atoms with Crippen LogP contribution in [0.3, 0.4) is 0 Å². The second-order valence-corrected chi connectivity index (χ2v) is 8.22. The summed E-state index contributed by atoms with van der Waals surface area (Å²) in [6.07, 6.45) is 6.96. The van der Waals surface area contributed by atoms with Gasteiger partial charge in [-0.1, -0.05) is 45.4 Å². The molecule has 0 fully saturated rings. The lowest BCUT2D eigenvalue weighted by molar-refractivity contribution is -0.384. The van der Waals surface area contributed by atoms with Gasteiger partial charge in [0, 0.05) is 18.6 Å². The average molecular weight is 452 g/mol. The van der Waals surface area contributed by atoms with Crippen LogP contribution in [-0.2, 0) is 14.3 Å². The van der Waals surface area contributed by atoms with Gasteiger partial charge in [0.15, 0.2) is 0 Å². The molecule has 2 atom stereocenters. The number of likely N-dealkylation sites (N-methyl/N-ethyl adjacent to an activating group) is 1. The molecule has 180 valence electrons. The van der Waals surface area contributed by atoms with Crippen molar-refractivity contribution in [2.24, 2.45) is 0 Å². The van der Waals surface area contributed by atoms with Crippen molar-refractivity contribution in [1.29, 1.82) is 0 Å². The van der Waals surface area contributed by atoms with E-state index in [1.54, 1.807) is 19.0 Å². The van der Waals surface area contributed by atoms with Crippen LogP contribution in [-0.4, -0.2) is 60.1 Å². The molecule has 0 saturated heterocycles. The zero-order chi connectivity index (χ0) is 23.9. The molecule has 0 spiro atoms. The zero-order valence-corrected chi connectivity index (χ0v) is 19.4. The maximum atomic E-state index is 12.4. The number of nitro benzene ring substituents is 1. The van der Waals surface area contributed by atoms with Gasteiger partial charge in [0.05, 0.1) is 24.1 Å². The maximum absolute atomic E-state index is 12.4. The molecule has 9 nitrogen and oxygen atoms in total. The van der Waals surface area contributed by atoms with Crippen LogP contribution in [0.4, 0.5) is 5.69 Å². The molecular weight excluding hydrogens is 414 g/mol. The highest BCUT2D eigenvalue weighted by Gasteiger charge is 2.28. The molecule has 9 heteroatoms. The third-order valence-corrected chi connectivity index (χ3v) is 5.05. The number of rotatable bonds is 16. The molecule has 1 rings (SSSR count). The molecule has 0 bridgehead atoms. The Morgan fingerprint density at radius 2 is 1.69 bits per heavy atom. The fourth-order valence-electron chi connectivity index (χ4n) is 3.34. The molecule has 1 aromatic rings. The lowest BCUT2D eigenvalue weighted by atomic mass is 10.0. The molecule has 0 aromatic heterocycles. The molecule has 0 aliphatic rings. The molecule has 1 aromatic carbocycles. The highest BCUT2D eigenvalue weighted by Crippen LogP contribution is 2.24. The summed E-state index contributed by atoms with van der Waals surface area (Å²) < 4.78 is 5.56. The summed E-state index contributed by atoms with van der Waals surface area (Å²) in [6.45, 7) is 1.75. The first-order valence-electron chi connectivity index (χ1n) is 11.3.